The number of carboxylic acid groups (broad SMARTS) is 1. The lowest BCUT2D eigenvalue weighted by molar-refractivity contribution is -0.140. The molecule has 0 bridgehead atoms. The van der Waals surface area contributed by atoms with Crippen molar-refractivity contribution in [2.24, 2.45) is 5.92 Å². The highest BCUT2D eigenvalue weighted by Crippen LogP contribution is 2.27. The number of carboxylic acids is 1. The number of carbonyl (C=O) groups is 3. The van der Waals surface area contributed by atoms with E-state index in [1.165, 1.54) is 24.8 Å². The van der Waals surface area contributed by atoms with Crippen molar-refractivity contribution < 1.29 is 24.6 Å². The summed E-state index contributed by atoms with van der Waals surface area (Å²) in [6.07, 6.45) is 0.361. The fourth-order valence-corrected chi connectivity index (χ4v) is 3.92. The van der Waals surface area contributed by atoms with Crippen LogP contribution in [0.3, 0.4) is 0 Å². The number of hydrogen-bond donors (Lipinski definition) is 4. The van der Waals surface area contributed by atoms with Gasteiger partial charge in [0.2, 0.25) is 11.8 Å². The second-order valence-corrected chi connectivity index (χ2v) is 9.37. The third-order valence-electron chi connectivity index (χ3n) is 6.07. The summed E-state index contributed by atoms with van der Waals surface area (Å²) in [7, 11) is 3.22. The molecule has 8 heteroatoms. The summed E-state index contributed by atoms with van der Waals surface area (Å²) in [4.78, 5) is 39.2. The Labute approximate surface area is 197 Å². The summed E-state index contributed by atoms with van der Waals surface area (Å²) in [6, 6.07) is 7.19. The van der Waals surface area contributed by atoms with Gasteiger partial charge in [-0.05, 0) is 32.4 Å². The van der Waals surface area contributed by atoms with Gasteiger partial charge in [0, 0.05) is 18.0 Å². The highest BCUT2D eigenvalue weighted by molar-refractivity contribution is 5.91. The second kappa shape index (κ2) is 12.0. The molecule has 0 aromatic heterocycles. The molecule has 1 unspecified atom stereocenters. The first-order valence-corrected chi connectivity index (χ1v) is 11.1. The van der Waals surface area contributed by atoms with Crippen LogP contribution in [-0.4, -0.2) is 71.2 Å². The van der Waals surface area contributed by atoms with Gasteiger partial charge in [-0.1, -0.05) is 64.1 Å². The number of nitrogens with zero attached hydrogens (tertiary/aromatic N) is 1. The maximum absolute atomic E-state index is 13.3. The second-order valence-electron chi connectivity index (χ2n) is 9.37. The van der Waals surface area contributed by atoms with Gasteiger partial charge in [0.1, 0.15) is 6.04 Å². The highest BCUT2D eigenvalue weighted by Gasteiger charge is 2.39. The normalized spacial score (nSPS) is 16.0. The van der Waals surface area contributed by atoms with Crippen LogP contribution in [0.15, 0.2) is 42.0 Å². The molecular formula is C25H39N3O5. The summed E-state index contributed by atoms with van der Waals surface area (Å²) < 4.78 is 0. The molecule has 8 nitrogen and oxygen atoms in total. The summed E-state index contributed by atoms with van der Waals surface area (Å²) in [6.45, 7) is 10.5. The average molecular weight is 462 g/mol. The summed E-state index contributed by atoms with van der Waals surface area (Å²) >= 11 is 0. The number of carbonyl (C=O) groups excluding carboxylic acids is 2. The van der Waals surface area contributed by atoms with E-state index in [4.69, 9.17) is 0 Å². The Balaban J connectivity index is 3.19. The summed E-state index contributed by atoms with van der Waals surface area (Å²) in [5, 5.41) is 25.3. The van der Waals surface area contributed by atoms with Crippen LogP contribution in [0.1, 0.15) is 47.1 Å². The number of amides is 2. The van der Waals surface area contributed by atoms with Crippen LogP contribution in [-0.2, 0) is 19.8 Å². The number of aliphatic carboxylic acids is 1. The molecule has 2 amide bonds. The van der Waals surface area contributed by atoms with Crippen molar-refractivity contribution in [1.82, 2.24) is 15.5 Å². The van der Waals surface area contributed by atoms with Gasteiger partial charge in [-0.15, -0.1) is 0 Å². The van der Waals surface area contributed by atoms with Gasteiger partial charge >= 0.3 is 5.97 Å². The van der Waals surface area contributed by atoms with Crippen molar-refractivity contribution in [3.05, 3.63) is 47.5 Å². The molecule has 0 saturated heterocycles. The van der Waals surface area contributed by atoms with Crippen molar-refractivity contribution in [2.45, 2.75) is 71.2 Å². The molecule has 1 aromatic rings. The van der Waals surface area contributed by atoms with Gasteiger partial charge in [0.15, 0.2) is 0 Å². The van der Waals surface area contributed by atoms with Gasteiger partial charge in [0.25, 0.3) is 0 Å². The molecule has 0 aliphatic heterocycles. The highest BCUT2D eigenvalue weighted by atomic mass is 16.4. The van der Waals surface area contributed by atoms with E-state index in [1.807, 2.05) is 58.0 Å². The molecule has 4 N–H and O–H groups in total. The van der Waals surface area contributed by atoms with Crippen molar-refractivity contribution in [3.63, 3.8) is 0 Å². The van der Waals surface area contributed by atoms with Gasteiger partial charge < -0.3 is 25.7 Å². The zero-order valence-electron chi connectivity index (χ0n) is 20.9. The van der Waals surface area contributed by atoms with E-state index in [2.05, 4.69) is 10.6 Å². The van der Waals surface area contributed by atoms with Crippen LogP contribution < -0.4 is 10.6 Å². The van der Waals surface area contributed by atoms with E-state index >= 15 is 0 Å². The van der Waals surface area contributed by atoms with Crippen molar-refractivity contribution in [1.29, 1.82) is 0 Å². The van der Waals surface area contributed by atoms with Crippen LogP contribution in [0.5, 0.6) is 0 Å². The number of aliphatic hydroxyl groups is 1. The van der Waals surface area contributed by atoms with Crippen LogP contribution in [0.2, 0.25) is 0 Å². The molecule has 0 fully saturated rings. The molecule has 0 saturated carbocycles. The SMILES string of the molecule is CN[C@H](C(=O)N[C@@H](C(=O)N(C)[C@H](/C=C(\C)C(=O)O)C(C)C)C(C)O)C(C)(C)c1ccccc1. The Hall–Kier alpha value is -2.71. The Morgan fingerprint density at radius 1 is 1.09 bits per heavy atom. The van der Waals surface area contributed by atoms with E-state index < -0.39 is 47.4 Å². The quantitative estimate of drug-likeness (QED) is 0.374. The van der Waals surface area contributed by atoms with Gasteiger partial charge in [-0.25, -0.2) is 4.79 Å². The Morgan fingerprint density at radius 3 is 2.06 bits per heavy atom. The molecule has 0 aliphatic rings. The third-order valence-corrected chi connectivity index (χ3v) is 6.07. The molecule has 184 valence electrons. The predicted molar refractivity (Wildman–Crippen MR) is 129 cm³/mol. The van der Waals surface area contributed by atoms with E-state index in [0.29, 0.717) is 0 Å². The van der Waals surface area contributed by atoms with Crippen LogP contribution in [0, 0.1) is 5.92 Å². The third kappa shape index (κ3) is 7.14. The number of hydrogen-bond acceptors (Lipinski definition) is 5. The van der Waals surface area contributed by atoms with Crippen molar-refractivity contribution >= 4 is 17.8 Å². The monoisotopic (exact) mass is 461 g/mol. The number of likely N-dealkylation sites (N-methyl/N-ethyl adjacent to an activating group) is 2. The number of benzene rings is 1. The molecule has 1 aromatic carbocycles. The standard InChI is InChI=1S/C25H39N3O5/c1-15(2)19(14-16(3)24(32)33)28(8)23(31)20(17(4)29)27-22(30)21(26-7)25(5,6)18-12-10-9-11-13-18/h9-15,17,19-21,26,29H,1-8H3,(H,27,30)(H,32,33)/b16-14+/t17?,19-,20-,21-/m1/s1. The van der Waals surface area contributed by atoms with E-state index in [0.717, 1.165) is 5.56 Å². The lowest BCUT2D eigenvalue weighted by Gasteiger charge is -2.37. The molecule has 1 rings (SSSR count). The average Bonchev–Trinajstić information content (AvgIpc) is 2.75. The largest absolute Gasteiger partial charge is 0.478 e. The smallest absolute Gasteiger partial charge is 0.331 e. The molecule has 0 radical (unpaired) electrons. The minimum Gasteiger partial charge on any atom is -0.478 e. The topological polar surface area (TPSA) is 119 Å². The Kier molecular flexibility index (Phi) is 10.3. The van der Waals surface area contributed by atoms with E-state index in [-0.39, 0.29) is 11.5 Å². The van der Waals surface area contributed by atoms with Crippen molar-refractivity contribution in [3.8, 4) is 0 Å². The van der Waals surface area contributed by atoms with Gasteiger partial charge in [-0.2, -0.15) is 0 Å². The van der Waals surface area contributed by atoms with Crippen molar-refractivity contribution in [2.75, 3.05) is 14.1 Å². The molecular weight excluding hydrogens is 422 g/mol. The zero-order valence-corrected chi connectivity index (χ0v) is 20.9. The predicted octanol–water partition coefficient (Wildman–Crippen LogP) is 1.93. The number of aliphatic hydroxyl groups excluding tert-OH is 1. The Bertz CT molecular complexity index is 849. The van der Waals surface area contributed by atoms with Gasteiger partial charge in [0.05, 0.1) is 18.2 Å². The van der Waals surface area contributed by atoms with Gasteiger partial charge in [-0.3, -0.25) is 9.59 Å². The molecule has 4 atom stereocenters. The van der Waals surface area contributed by atoms with Crippen LogP contribution in [0.25, 0.3) is 0 Å². The zero-order chi connectivity index (χ0) is 25.5. The number of rotatable bonds is 11. The number of nitrogens with one attached hydrogen (secondary N) is 2. The fourth-order valence-electron chi connectivity index (χ4n) is 3.92. The summed E-state index contributed by atoms with van der Waals surface area (Å²) in [5.74, 6) is -2.07. The Morgan fingerprint density at radius 2 is 1.64 bits per heavy atom. The minimum atomic E-state index is -1.19. The fraction of sp³-hybridized carbons (Fsp3) is 0.560. The first-order chi connectivity index (χ1) is 15.2. The molecule has 0 aliphatic carbocycles. The molecule has 33 heavy (non-hydrogen) atoms. The van der Waals surface area contributed by atoms with Crippen LogP contribution >= 0.6 is 0 Å². The molecule has 0 heterocycles. The maximum atomic E-state index is 13.3. The first kappa shape index (κ1) is 28.3. The lowest BCUT2D eigenvalue weighted by atomic mass is 9.77. The van der Waals surface area contributed by atoms with E-state index in [1.54, 1.807) is 14.1 Å². The summed E-state index contributed by atoms with van der Waals surface area (Å²) in [5.41, 5.74) is 0.469. The minimum absolute atomic E-state index is 0.0827. The molecule has 0 spiro atoms. The first-order valence-electron chi connectivity index (χ1n) is 11.1. The van der Waals surface area contributed by atoms with E-state index in [9.17, 15) is 24.6 Å². The van der Waals surface area contributed by atoms with Crippen LogP contribution in [0.4, 0.5) is 0 Å². The lowest BCUT2D eigenvalue weighted by Crippen LogP contribution is -2.61. The maximum Gasteiger partial charge on any atom is 0.331 e.